The van der Waals surface area contributed by atoms with Crippen LogP contribution in [0, 0.1) is 5.82 Å². The molecule has 2 rings (SSSR count). The number of hydrogen-bond donors (Lipinski definition) is 2. The normalized spacial score (nSPS) is 19.8. The number of carbonyl (C=O) groups is 1. The molecule has 122 valence electrons. The molecule has 1 fully saturated rings. The zero-order valence-corrected chi connectivity index (χ0v) is 12.6. The number of carboxylic acids is 1. The molecular weight excluding hydrogens is 317 g/mol. The van der Waals surface area contributed by atoms with Crippen LogP contribution in [-0.2, 0) is 19.6 Å². The standard InChI is InChI=1S/C13H16FNO6S/c1-20-11-3-2-8(6-10(11)14)12(13(16)17)15-22(18,19)9-4-5-21-7-9/h2-3,6,9,12,15H,4-5,7H2,1H3,(H,16,17). The van der Waals surface area contributed by atoms with E-state index >= 15 is 0 Å². The van der Waals surface area contributed by atoms with Gasteiger partial charge in [0.2, 0.25) is 10.0 Å². The molecule has 1 saturated heterocycles. The maximum Gasteiger partial charge on any atom is 0.326 e. The third-order valence-corrected chi connectivity index (χ3v) is 5.18. The van der Waals surface area contributed by atoms with Crippen molar-refractivity contribution in [2.24, 2.45) is 0 Å². The first-order chi connectivity index (χ1) is 10.3. The molecule has 1 heterocycles. The van der Waals surface area contributed by atoms with Gasteiger partial charge in [0.15, 0.2) is 11.6 Å². The topological polar surface area (TPSA) is 102 Å². The summed E-state index contributed by atoms with van der Waals surface area (Å²) in [5.74, 6) is -2.25. The second kappa shape index (κ2) is 6.59. The third-order valence-electron chi connectivity index (χ3n) is 3.36. The van der Waals surface area contributed by atoms with Gasteiger partial charge < -0.3 is 14.6 Å². The van der Waals surface area contributed by atoms with Gasteiger partial charge in [-0.25, -0.2) is 12.8 Å². The van der Waals surface area contributed by atoms with Crippen LogP contribution in [0.1, 0.15) is 18.0 Å². The Morgan fingerprint density at radius 1 is 1.55 bits per heavy atom. The van der Waals surface area contributed by atoms with Gasteiger partial charge in [-0.1, -0.05) is 6.07 Å². The average Bonchev–Trinajstić information content (AvgIpc) is 2.99. The Morgan fingerprint density at radius 2 is 2.27 bits per heavy atom. The Morgan fingerprint density at radius 3 is 2.77 bits per heavy atom. The molecular formula is C13H16FNO6S. The summed E-state index contributed by atoms with van der Waals surface area (Å²) in [5.41, 5.74) is -0.0201. The summed E-state index contributed by atoms with van der Waals surface area (Å²) in [6, 6.07) is 1.90. The van der Waals surface area contributed by atoms with E-state index < -0.39 is 33.1 Å². The smallest absolute Gasteiger partial charge is 0.326 e. The minimum absolute atomic E-state index is 0.0125. The van der Waals surface area contributed by atoms with Gasteiger partial charge in [-0.05, 0) is 24.1 Å². The summed E-state index contributed by atoms with van der Waals surface area (Å²) in [6.45, 7) is 0.319. The van der Waals surface area contributed by atoms with Crippen LogP contribution in [0.3, 0.4) is 0 Å². The molecule has 7 nitrogen and oxygen atoms in total. The molecule has 2 atom stereocenters. The maximum absolute atomic E-state index is 13.7. The number of sulfonamides is 1. The molecule has 1 aliphatic heterocycles. The molecule has 0 spiro atoms. The number of hydrogen-bond acceptors (Lipinski definition) is 5. The van der Waals surface area contributed by atoms with Gasteiger partial charge in [-0.3, -0.25) is 4.79 Å². The zero-order chi connectivity index (χ0) is 16.3. The Balaban J connectivity index is 2.27. The quantitative estimate of drug-likeness (QED) is 0.793. The van der Waals surface area contributed by atoms with Crippen molar-refractivity contribution in [3.63, 3.8) is 0 Å². The average molecular weight is 333 g/mol. The lowest BCUT2D eigenvalue weighted by atomic mass is 10.1. The number of carboxylic acid groups (broad SMARTS) is 1. The van der Waals surface area contributed by atoms with Crippen molar-refractivity contribution in [3.05, 3.63) is 29.6 Å². The number of rotatable bonds is 6. The fourth-order valence-corrected chi connectivity index (χ4v) is 3.58. The van der Waals surface area contributed by atoms with Gasteiger partial charge in [0.25, 0.3) is 0 Å². The molecule has 0 radical (unpaired) electrons. The van der Waals surface area contributed by atoms with Crippen LogP contribution in [0.2, 0.25) is 0 Å². The Kier molecular flexibility index (Phi) is 4.99. The molecule has 0 amide bonds. The zero-order valence-electron chi connectivity index (χ0n) is 11.8. The van der Waals surface area contributed by atoms with Gasteiger partial charge >= 0.3 is 5.97 Å². The summed E-state index contributed by atoms with van der Waals surface area (Å²) in [7, 11) is -2.62. The minimum atomic E-state index is -3.89. The number of methoxy groups -OCH3 is 1. The lowest BCUT2D eigenvalue weighted by molar-refractivity contribution is -0.139. The van der Waals surface area contributed by atoms with Gasteiger partial charge in [0.1, 0.15) is 11.3 Å². The van der Waals surface area contributed by atoms with Gasteiger partial charge in [0, 0.05) is 6.61 Å². The Hall–Kier alpha value is -1.71. The van der Waals surface area contributed by atoms with Crippen molar-refractivity contribution in [1.82, 2.24) is 4.72 Å². The van der Waals surface area contributed by atoms with Crippen LogP contribution in [0.5, 0.6) is 5.75 Å². The molecule has 0 aromatic heterocycles. The van der Waals surface area contributed by atoms with E-state index in [0.717, 1.165) is 6.07 Å². The second-order valence-electron chi connectivity index (χ2n) is 4.81. The molecule has 9 heteroatoms. The molecule has 22 heavy (non-hydrogen) atoms. The van der Waals surface area contributed by atoms with E-state index in [1.54, 1.807) is 0 Å². The van der Waals surface area contributed by atoms with Crippen LogP contribution in [0.4, 0.5) is 4.39 Å². The van der Waals surface area contributed by atoms with Crippen LogP contribution in [0.25, 0.3) is 0 Å². The number of halogens is 1. The highest BCUT2D eigenvalue weighted by atomic mass is 32.2. The summed E-state index contributed by atoms with van der Waals surface area (Å²) in [6.07, 6.45) is 0.290. The van der Waals surface area contributed by atoms with Crippen LogP contribution in [0.15, 0.2) is 18.2 Å². The summed E-state index contributed by atoms with van der Waals surface area (Å²) in [4.78, 5) is 11.3. The van der Waals surface area contributed by atoms with Crippen LogP contribution < -0.4 is 9.46 Å². The molecule has 2 N–H and O–H groups in total. The van der Waals surface area contributed by atoms with Gasteiger partial charge in [0.05, 0.1) is 13.7 Å². The highest BCUT2D eigenvalue weighted by Gasteiger charge is 2.34. The molecule has 1 aliphatic rings. The van der Waals surface area contributed by atoms with E-state index in [9.17, 15) is 22.7 Å². The Labute approximate surface area is 127 Å². The fourth-order valence-electron chi connectivity index (χ4n) is 2.14. The predicted molar refractivity (Wildman–Crippen MR) is 74.6 cm³/mol. The highest BCUT2D eigenvalue weighted by molar-refractivity contribution is 7.90. The van der Waals surface area contributed by atoms with Gasteiger partial charge in [-0.2, -0.15) is 4.72 Å². The van der Waals surface area contributed by atoms with E-state index in [4.69, 9.17) is 9.47 Å². The molecule has 0 bridgehead atoms. The van der Waals surface area contributed by atoms with E-state index in [2.05, 4.69) is 4.72 Å². The van der Waals surface area contributed by atoms with Crippen molar-refractivity contribution in [1.29, 1.82) is 0 Å². The number of aliphatic carboxylic acids is 1. The van der Waals surface area contributed by atoms with Gasteiger partial charge in [-0.15, -0.1) is 0 Å². The van der Waals surface area contributed by atoms with E-state index in [1.807, 2.05) is 0 Å². The predicted octanol–water partition coefficient (Wildman–Crippen LogP) is 0.668. The van der Waals surface area contributed by atoms with E-state index in [-0.39, 0.29) is 17.9 Å². The summed E-state index contributed by atoms with van der Waals surface area (Å²) >= 11 is 0. The number of nitrogens with one attached hydrogen (secondary N) is 1. The number of ether oxygens (including phenoxy) is 2. The van der Waals surface area contributed by atoms with Crippen molar-refractivity contribution in [2.45, 2.75) is 17.7 Å². The van der Waals surface area contributed by atoms with E-state index in [0.29, 0.717) is 13.0 Å². The molecule has 0 saturated carbocycles. The highest BCUT2D eigenvalue weighted by Crippen LogP contribution is 2.24. The molecule has 1 aromatic carbocycles. The van der Waals surface area contributed by atoms with Crippen LogP contribution >= 0.6 is 0 Å². The lowest BCUT2D eigenvalue weighted by Gasteiger charge is -2.18. The third kappa shape index (κ3) is 3.54. The van der Waals surface area contributed by atoms with Crippen molar-refractivity contribution >= 4 is 16.0 Å². The van der Waals surface area contributed by atoms with Crippen LogP contribution in [-0.4, -0.2) is 45.1 Å². The maximum atomic E-state index is 13.7. The molecule has 1 aromatic rings. The number of benzene rings is 1. The van der Waals surface area contributed by atoms with E-state index in [1.165, 1.54) is 19.2 Å². The summed E-state index contributed by atoms with van der Waals surface area (Å²) in [5, 5.41) is 8.43. The fraction of sp³-hybridized carbons (Fsp3) is 0.462. The second-order valence-corrected chi connectivity index (χ2v) is 6.81. The first-order valence-corrected chi connectivity index (χ1v) is 8.05. The first kappa shape index (κ1) is 16.7. The molecule has 0 aliphatic carbocycles. The first-order valence-electron chi connectivity index (χ1n) is 6.50. The van der Waals surface area contributed by atoms with Crippen molar-refractivity contribution < 1.29 is 32.2 Å². The molecule has 2 unspecified atom stereocenters. The summed E-state index contributed by atoms with van der Waals surface area (Å²) < 4.78 is 49.8. The minimum Gasteiger partial charge on any atom is -0.494 e. The largest absolute Gasteiger partial charge is 0.494 e. The Bertz CT molecular complexity index is 656. The SMILES string of the molecule is COc1ccc(C(NS(=O)(=O)C2CCOC2)C(=O)O)cc1F. The lowest BCUT2D eigenvalue weighted by Crippen LogP contribution is -2.40. The monoisotopic (exact) mass is 333 g/mol. The van der Waals surface area contributed by atoms with Crippen molar-refractivity contribution in [3.8, 4) is 5.75 Å². The van der Waals surface area contributed by atoms with Crippen molar-refractivity contribution in [2.75, 3.05) is 20.3 Å².